The molecule has 3 N–H and O–H groups in total. The van der Waals surface area contributed by atoms with Crippen molar-refractivity contribution in [3.05, 3.63) is 0 Å². The summed E-state index contributed by atoms with van der Waals surface area (Å²) in [5.74, 6) is -0.182. The smallest absolute Gasteiger partial charge is 0.237 e. The molecule has 0 aromatic carbocycles. The van der Waals surface area contributed by atoms with Crippen LogP contribution in [0.25, 0.3) is 0 Å². The van der Waals surface area contributed by atoms with Gasteiger partial charge in [0.1, 0.15) is 0 Å². The largest absolute Gasteiger partial charge is 0.354 e. The topological polar surface area (TPSA) is 87.3 Å². The molecule has 0 aliphatic carbocycles. The number of carbonyl (C=O) groups excluding carboxylic acids is 1. The number of amides is 1. The quantitative estimate of drug-likeness (QED) is 0.644. The van der Waals surface area contributed by atoms with Gasteiger partial charge < -0.3 is 10.6 Å². The Labute approximate surface area is 121 Å². The maximum absolute atomic E-state index is 11.7. The van der Waals surface area contributed by atoms with Crippen LogP contribution in [0.2, 0.25) is 0 Å². The highest BCUT2D eigenvalue weighted by Gasteiger charge is 2.20. The van der Waals surface area contributed by atoms with Crippen LogP contribution < -0.4 is 15.4 Å². The van der Waals surface area contributed by atoms with Crippen LogP contribution in [0.1, 0.15) is 33.1 Å². The first-order valence-corrected chi connectivity index (χ1v) is 8.07. The first kappa shape index (κ1) is 18.6. The number of sulfonamides is 1. The standard InChI is InChI=1S/C11H23N3O3S.ClH/c1-9(2)14-18(16,17)8-7-13-11(15)10-5-3-4-6-12-10;/h9-10,12,14H,3-8H2,1-2H3,(H,13,15);1H. The van der Waals surface area contributed by atoms with Gasteiger partial charge in [0.15, 0.2) is 0 Å². The molecule has 0 saturated carbocycles. The van der Waals surface area contributed by atoms with Crippen LogP contribution in [0.3, 0.4) is 0 Å². The van der Waals surface area contributed by atoms with E-state index in [1.165, 1.54) is 0 Å². The van der Waals surface area contributed by atoms with E-state index in [1.807, 2.05) is 0 Å². The Hall–Kier alpha value is -0.370. The molecule has 0 aromatic rings. The lowest BCUT2D eigenvalue weighted by molar-refractivity contribution is -0.123. The van der Waals surface area contributed by atoms with Crippen LogP contribution >= 0.6 is 12.4 Å². The zero-order chi connectivity index (χ0) is 13.6. The molecule has 1 aliphatic rings. The van der Waals surface area contributed by atoms with E-state index in [0.29, 0.717) is 0 Å². The fourth-order valence-corrected chi connectivity index (χ4v) is 3.13. The molecule has 1 aliphatic heterocycles. The lowest BCUT2D eigenvalue weighted by Gasteiger charge is -2.22. The van der Waals surface area contributed by atoms with Crippen molar-refractivity contribution >= 4 is 28.3 Å². The molecule has 6 nitrogen and oxygen atoms in total. The Kier molecular flexibility index (Phi) is 8.56. The van der Waals surface area contributed by atoms with Gasteiger partial charge in [0.25, 0.3) is 0 Å². The number of halogens is 1. The lowest BCUT2D eigenvalue weighted by atomic mass is 10.0. The van der Waals surface area contributed by atoms with E-state index in [-0.39, 0.29) is 42.7 Å². The first-order valence-electron chi connectivity index (χ1n) is 6.42. The van der Waals surface area contributed by atoms with Gasteiger partial charge >= 0.3 is 0 Å². The maximum atomic E-state index is 11.7. The minimum Gasteiger partial charge on any atom is -0.354 e. The van der Waals surface area contributed by atoms with E-state index in [0.717, 1.165) is 25.8 Å². The highest BCUT2D eigenvalue weighted by molar-refractivity contribution is 7.89. The summed E-state index contributed by atoms with van der Waals surface area (Å²) in [4.78, 5) is 11.7. The van der Waals surface area contributed by atoms with Crippen LogP contribution in [0.4, 0.5) is 0 Å². The van der Waals surface area contributed by atoms with E-state index in [4.69, 9.17) is 0 Å². The highest BCUT2D eigenvalue weighted by Crippen LogP contribution is 2.06. The van der Waals surface area contributed by atoms with E-state index in [9.17, 15) is 13.2 Å². The van der Waals surface area contributed by atoms with Crippen LogP contribution in [0, 0.1) is 0 Å². The number of rotatable bonds is 6. The molecule has 1 heterocycles. The fraction of sp³-hybridized carbons (Fsp3) is 0.909. The van der Waals surface area contributed by atoms with Crippen molar-refractivity contribution in [2.24, 2.45) is 0 Å². The minimum absolute atomic E-state index is 0. The zero-order valence-electron chi connectivity index (χ0n) is 11.4. The Morgan fingerprint density at radius 2 is 2.05 bits per heavy atom. The van der Waals surface area contributed by atoms with Crippen molar-refractivity contribution in [1.29, 1.82) is 0 Å². The summed E-state index contributed by atoms with van der Waals surface area (Å²) in [6, 6.07) is -0.287. The van der Waals surface area contributed by atoms with Crippen LogP contribution in [-0.4, -0.2) is 45.3 Å². The van der Waals surface area contributed by atoms with E-state index >= 15 is 0 Å². The van der Waals surface area contributed by atoms with Crippen LogP contribution in [0.5, 0.6) is 0 Å². The third-order valence-electron chi connectivity index (χ3n) is 2.71. The van der Waals surface area contributed by atoms with E-state index in [2.05, 4.69) is 15.4 Å². The Bertz CT molecular complexity index is 367. The normalized spacial score (nSPS) is 19.8. The second-order valence-corrected chi connectivity index (χ2v) is 6.76. The predicted molar refractivity (Wildman–Crippen MR) is 78.0 cm³/mol. The summed E-state index contributed by atoms with van der Waals surface area (Å²) < 4.78 is 25.5. The maximum Gasteiger partial charge on any atom is 0.237 e. The molecule has 1 saturated heterocycles. The molecule has 1 unspecified atom stereocenters. The van der Waals surface area contributed by atoms with Gasteiger partial charge in [-0.1, -0.05) is 6.42 Å². The van der Waals surface area contributed by atoms with Crippen molar-refractivity contribution in [3.8, 4) is 0 Å². The third-order valence-corrected chi connectivity index (χ3v) is 4.28. The van der Waals surface area contributed by atoms with Gasteiger partial charge in [0.2, 0.25) is 15.9 Å². The molecule has 1 amide bonds. The Morgan fingerprint density at radius 1 is 1.37 bits per heavy atom. The molecule has 0 aromatic heterocycles. The lowest BCUT2D eigenvalue weighted by Crippen LogP contribution is -2.48. The highest BCUT2D eigenvalue weighted by atomic mass is 35.5. The van der Waals surface area contributed by atoms with E-state index in [1.54, 1.807) is 13.8 Å². The summed E-state index contributed by atoms with van der Waals surface area (Å²) in [5, 5.41) is 5.78. The van der Waals surface area contributed by atoms with Gasteiger partial charge in [-0.15, -0.1) is 12.4 Å². The van der Waals surface area contributed by atoms with Crippen LogP contribution in [0.15, 0.2) is 0 Å². The van der Waals surface area contributed by atoms with Gasteiger partial charge in [0.05, 0.1) is 11.8 Å². The van der Waals surface area contributed by atoms with Gasteiger partial charge in [-0.05, 0) is 33.2 Å². The van der Waals surface area contributed by atoms with Crippen LogP contribution in [-0.2, 0) is 14.8 Å². The van der Waals surface area contributed by atoms with Crippen molar-refractivity contribution < 1.29 is 13.2 Å². The first-order chi connectivity index (χ1) is 8.41. The zero-order valence-corrected chi connectivity index (χ0v) is 13.1. The molecule has 1 atom stereocenters. The molecule has 1 fully saturated rings. The fourth-order valence-electron chi connectivity index (χ4n) is 1.93. The molecule has 19 heavy (non-hydrogen) atoms. The number of hydrogen-bond donors (Lipinski definition) is 3. The van der Waals surface area contributed by atoms with Gasteiger partial charge in [-0.3, -0.25) is 4.79 Å². The average molecular weight is 314 g/mol. The summed E-state index contributed by atoms with van der Waals surface area (Å²) in [6.45, 7) is 4.54. The van der Waals surface area contributed by atoms with E-state index < -0.39 is 10.0 Å². The summed E-state index contributed by atoms with van der Waals surface area (Å²) >= 11 is 0. The molecule has 8 heteroatoms. The number of nitrogens with one attached hydrogen (secondary N) is 3. The predicted octanol–water partition coefficient (Wildman–Crippen LogP) is -0.00570. The van der Waals surface area contributed by atoms with Crippen molar-refractivity contribution in [3.63, 3.8) is 0 Å². The average Bonchev–Trinajstić information content (AvgIpc) is 2.28. The Morgan fingerprint density at radius 3 is 2.58 bits per heavy atom. The van der Waals surface area contributed by atoms with Crippen molar-refractivity contribution in [1.82, 2.24) is 15.4 Å². The SMILES string of the molecule is CC(C)NS(=O)(=O)CCNC(=O)C1CCCCN1.Cl. The minimum atomic E-state index is -3.29. The monoisotopic (exact) mass is 313 g/mol. The molecular formula is C11H24ClN3O3S. The second-order valence-electron chi connectivity index (χ2n) is 4.88. The van der Waals surface area contributed by atoms with Gasteiger partial charge in [-0.25, -0.2) is 13.1 Å². The number of piperidine rings is 1. The molecule has 114 valence electrons. The molecular weight excluding hydrogens is 290 g/mol. The number of carbonyl (C=O) groups is 1. The molecule has 0 spiro atoms. The summed E-state index contributed by atoms with van der Waals surface area (Å²) in [7, 11) is -3.29. The van der Waals surface area contributed by atoms with Gasteiger partial charge in [0, 0.05) is 12.6 Å². The molecule has 0 bridgehead atoms. The third kappa shape index (κ3) is 7.71. The summed E-state index contributed by atoms with van der Waals surface area (Å²) in [5.41, 5.74) is 0. The number of hydrogen-bond acceptors (Lipinski definition) is 4. The second kappa shape index (κ2) is 8.73. The van der Waals surface area contributed by atoms with Gasteiger partial charge in [-0.2, -0.15) is 0 Å². The molecule has 0 radical (unpaired) electrons. The van der Waals surface area contributed by atoms with Crippen molar-refractivity contribution in [2.45, 2.75) is 45.2 Å². The van der Waals surface area contributed by atoms with Crippen molar-refractivity contribution in [2.75, 3.05) is 18.8 Å². The summed E-state index contributed by atoms with van der Waals surface area (Å²) in [6.07, 6.45) is 2.96. The Balaban J connectivity index is 0.00000324. The molecule has 1 rings (SSSR count).